The highest BCUT2D eigenvalue weighted by Gasteiger charge is 2.27. The van der Waals surface area contributed by atoms with E-state index in [9.17, 15) is 23.6 Å². The molecule has 36 nitrogen and oxygen atoms in total. The van der Waals surface area contributed by atoms with Crippen molar-refractivity contribution in [2.75, 3.05) is 95.4 Å². The lowest BCUT2D eigenvalue weighted by Crippen LogP contribution is -2.44. The van der Waals surface area contributed by atoms with Crippen molar-refractivity contribution in [2.45, 2.75) is 72.6 Å². The Kier molecular flexibility index (Phi) is 26.2. The first-order valence-corrected chi connectivity index (χ1v) is 42.1. The zero-order valence-electron chi connectivity index (χ0n) is 71.0. The van der Waals surface area contributed by atoms with Crippen molar-refractivity contribution < 1.29 is 23.6 Å². The van der Waals surface area contributed by atoms with Gasteiger partial charge in [0, 0.05) is 197 Å². The summed E-state index contributed by atoms with van der Waals surface area (Å²) in [7, 11) is 2.13. The lowest BCUT2D eigenvalue weighted by molar-refractivity contribution is -0.117. The summed E-state index contributed by atoms with van der Waals surface area (Å²) in [5, 5.41) is 14.8. The Morgan fingerprint density at radius 2 is 0.705 bits per heavy atom. The van der Waals surface area contributed by atoms with E-state index in [1.54, 1.807) is 171 Å². The number of hydrogen-bond acceptors (Lipinski definition) is 28. The van der Waals surface area contributed by atoms with E-state index >= 15 is 0 Å². The van der Waals surface area contributed by atoms with E-state index in [-0.39, 0.29) is 49.8 Å². The molecule has 20 rings (SSSR count). The van der Waals surface area contributed by atoms with Crippen LogP contribution >= 0.6 is 0 Å². The van der Waals surface area contributed by atoms with Gasteiger partial charge in [-0.15, -0.1) is 0 Å². The zero-order valence-corrected chi connectivity index (χ0v) is 71.0. The second-order valence-corrected chi connectivity index (χ2v) is 31.5. The van der Waals surface area contributed by atoms with E-state index in [0.29, 0.717) is 63.0 Å². The summed E-state index contributed by atoms with van der Waals surface area (Å²) >= 11 is 0. The first-order valence-electron chi connectivity index (χ1n) is 42.1. The van der Waals surface area contributed by atoms with Crippen molar-refractivity contribution in [3.8, 4) is 56.2 Å². The number of fused-ring (bicyclic) bond motifs is 4. The summed E-state index contributed by atoms with van der Waals surface area (Å²) in [5.74, 6) is 4.69. The summed E-state index contributed by atoms with van der Waals surface area (Å²) in [4.78, 5) is 146. The molecule has 2 unspecified atom stereocenters. The second-order valence-electron chi connectivity index (χ2n) is 31.5. The van der Waals surface area contributed by atoms with Crippen LogP contribution in [0.2, 0.25) is 0 Å². The number of carbonyl (C=O) groups excluding carboxylic acids is 4. The third kappa shape index (κ3) is 20.8. The van der Waals surface area contributed by atoms with Crippen molar-refractivity contribution in [1.29, 1.82) is 0 Å². The fraction of sp³-hybridized carbons (Fsp3) is 0.239. The van der Waals surface area contributed by atoms with Gasteiger partial charge in [-0.1, -0.05) is 13.8 Å². The van der Waals surface area contributed by atoms with Crippen LogP contribution in [0.4, 0.5) is 45.1 Å². The normalized spacial score (nSPS) is 14.5. The van der Waals surface area contributed by atoms with Gasteiger partial charge < -0.3 is 59.1 Å². The van der Waals surface area contributed by atoms with Gasteiger partial charge in [-0.3, -0.25) is 64.0 Å². The Balaban J connectivity index is 0.000000121. The number of halogens is 1. The summed E-state index contributed by atoms with van der Waals surface area (Å²) in [6.45, 7) is 14.7. The first kappa shape index (κ1) is 85.0. The molecule has 37 heteroatoms. The van der Waals surface area contributed by atoms with Gasteiger partial charge in [-0.05, 0) is 142 Å². The van der Waals surface area contributed by atoms with E-state index < -0.39 is 5.82 Å². The summed E-state index contributed by atoms with van der Waals surface area (Å²) in [5.41, 5.74) is 10.9. The van der Waals surface area contributed by atoms with E-state index in [2.05, 4.69) is 161 Å². The average molecular weight is 1730 g/mol. The number of aromatic nitrogens is 24. The topological polar surface area (TPSA) is 407 Å². The Labute approximate surface area is 738 Å². The Hall–Kier alpha value is -16.2. The van der Waals surface area contributed by atoms with Gasteiger partial charge in [0.05, 0.1) is 69.9 Å². The number of carbonyl (C=O) groups is 4. The third-order valence-corrected chi connectivity index (χ3v) is 22.0. The number of nitrogens with zero attached hydrogens (tertiary/aromatic N) is 28. The van der Waals surface area contributed by atoms with Crippen LogP contribution in [-0.4, -0.2) is 206 Å². The van der Waals surface area contributed by atoms with Gasteiger partial charge in [-0.25, -0.2) is 59.2 Å². The molecule has 17 aromatic rings. The molecule has 0 spiro atoms. The standard InChI is InChI=1S/C24H18FN7O.C24H26N8O.C22H23N9O.C22H22N8O/c1-15-10-16(4-6-27-15)23-18-5-9-32(24(18)30-12-19(23)25)14-22(33)31-21-3-2-17(11-29-21)20-13-26-7-8-28-20;1-16-9-17(2)13-32(12-16)24-19-5-8-31(23(19)28-15-29-24)14-22(33)30-21-4-3-18(10-27-21)20-11-25-6-7-26-20;1-29-8-10-30(11-9-29)21-17-4-7-31(22(17)27-15-26-21)14-20(32)28-19-3-2-16(12-25-19)18-13-23-5-6-24-18;31-20(28-19-5-4-16(12-25-19)18-13-23-7-8-24-18)14-30-11-6-17-21(26-15-27-22(17)30)29-9-2-1-3-10-29/h2-13H,14H2,1H3,(H,29,31,33);3-8,10-11,15-17H,9,12-14H2,1-2H3,(H,27,30,33);2-7,12-13,15H,8-11,14H2,1H3,(H,25,28,32);4-8,11-13,15H,1-3,9-10,14H2,(H,25,28,31). The molecule has 4 amide bonds. The van der Waals surface area contributed by atoms with Crippen LogP contribution in [0.25, 0.3) is 100 Å². The molecule has 129 heavy (non-hydrogen) atoms. The smallest absolute Gasteiger partial charge is 0.245 e. The van der Waals surface area contributed by atoms with Crippen LogP contribution in [-0.2, 0) is 45.4 Å². The fourth-order valence-corrected chi connectivity index (χ4v) is 15.9. The number of rotatable bonds is 20. The van der Waals surface area contributed by atoms with Gasteiger partial charge in [0.2, 0.25) is 23.6 Å². The van der Waals surface area contributed by atoms with Gasteiger partial charge in [0.25, 0.3) is 0 Å². The third-order valence-electron chi connectivity index (χ3n) is 22.0. The van der Waals surface area contributed by atoms with E-state index in [1.807, 2.05) is 87.7 Å². The quantitative estimate of drug-likeness (QED) is 0.0550. The maximum Gasteiger partial charge on any atom is 0.245 e. The van der Waals surface area contributed by atoms with Crippen molar-refractivity contribution in [1.82, 2.24) is 123 Å². The lowest BCUT2D eigenvalue weighted by Gasteiger charge is -2.36. The zero-order chi connectivity index (χ0) is 88.5. The summed E-state index contributed by atoms with van der Waals surface area (Å²) < 4.78 is 21.9. The molecule has 0 aromatic carbocycles. The molecule has 2 atom stereocenters. The van der Waals surface area contributed by atoms with Crippen molar-refractivity contribution >= 4 is 108 Å². The monoisotopic (exact) mass is 1720 g/mol. The minimum absolute atomic E-state index is 0.00450. The molecule has 17 aromatic heterocycles. The summed E-state index contributed by atoms with van der Waals surface area (Å²) in [6.07, 6.45) is 46.0. The first-order chi connectivity index (χ1) is 63.1. The molecule has 3 aliphatic rings. The molecule has 0 radical (unpaired) electrons. The van der Waals surface area contributed by atoms with E-state index in [1.165, 1.54) is 31.9 Å². The van der Waals surface area contributed by atoms with Gasteiger partial charge in [0.15, 0.2) is 0 Å². The van der Waals surface area contributed by atoms with Crippen LogP contribution in [0.3, 0.4) is 0 Å². The molecule has 648 valence electrons. The molecule has 3 aliphatic heterocycles. The highest BCUT2D eigenvalue weighted by atomic mass is 19.1. The van der Waals surface area contributed by atoms with Crippen LogP contribution in [0, 0.1) is 24.6 Å². The number of piperidine rings is 2. The van der Waals surface area contributed by atoms with Crippen molar-refractivity contribution in [2.24, 2.45) is 11.8 Å². The second kappa shape index (κ2) is 39.8. The molecule has 3 saturated heterocycles. The molecule has 0 saturated carbocycles. The number of hydrogen-bond donors (Lipinski definition) is 4. The highest BCUT2D eigenvalue weighted by molar-refractivity contribution is 5.98. The number of aryl methyl sites for hydroxylation is 1. The fourth-order valence-electron chi connectivity index (χ4n) is 15.9. The van der Waals surface area contributed by atoms with Crippen LogP contribution in [0.1, 0.15) is 45.2 Å². The molecular formula is C92H89FN32O4. The molecular weight excluding hydrogens is 1640 g/mol. The number of nitrogens with one attached hydrogen (secondary N) is 4. The van der Waals surface area contributed by atoms with E-state index in [4.69, 9.17) is 0 Å². The Morgan fingerprint density at radius 1 is 0.349 bits per heavy atom. The molecule has 0 aliphatic carbocycles. The summed E-state index contributed by atoms with van der Waals surface area (Å²) in [6, 6.07) is 25.6. The average Bonchev–Trinajstić information content (AvgIpc) is 1.68. The van der Waals surface area contributed by atoms with Crippen LogP contribution in [0.15, 0.2) is 240 Å². The van der Waals surface area contributed by atoms with Gasteiger partial charge in [-0.2, -0.15) is 0 Å². The van der Waals surface area contributed by atoms with Crippen LogP contribution in [0.5, 0.6) is 0 Å². The predicted molar refractivity (Wildman–Crippen MR) is 487 cm³/mol. The Bertz CT molecular complexity index is 6710. The van der Waals surface area contributed by atoms with Crippen molar-refractivity contribution in [3.63, 3.8) is 0 Å². The number of likely N-dealkylation sites (N-methyl/N-ethyl adjacent to an activating group) is 1. The maximum atomic E-state index is 14.7. The van der Waals surface area contributed by atoms with Gasteiger partial charge in [0.1, 0.15) is 114 Å². The minimum atomic E-state index is -0.428. The SMILES string of the molecule is CC1CC(C)CN(c2ncnc3c2ccn3CC(=O)Nc2ccc(-c3cnccn3)cn2)C1.CN1CCN(c2ncnc3c2ccn3CC(=O)Nc2ccc(-c3cnccn3)cn2)CC1.Cc1cc(-c2c(F)cnc3c2ccn3CC(=O)Nc2ccc(-c3cnccn3)cn2)ccn1.O=C(Cn1ccc2c(N3CCCCC3)ncnc21)Nc1ccc(-c2cnccn2)cn1. The predicted octanol–water partition coefficient (Wildman–Crippen LogP) is 12.0. The van der Waals surface area contributed by atoms with E-state index in [0.717, 1.165) is 148 Å². The Morgan fingerprint density at radius 3 is 1.05 bits per heavy atom. The number of pyridine rings is 6. The van der Waals surface area contributed by atoms with Gasteiger partial charge >= 0.3 is 0 Å². The lowest BCUT2D eigenvalue weighted by atomic mass is 9.92. The number of anilines is 7. The molecule has 20 heterocycles. The largest absolute Gasteiger partial charge is 0.356 e. The number of amides is 4. The molecule has 4 N–H and O–H groups in total. The number of piperazine rings is 1. The molecule has 3 fully saturated rings. The minimum Gasteiger partial charge on any atom is -0.356 e. The van der Waals surface area contributed by atoms with Crippen molar-refractivity contribution in [3.05, 3.63) is 252 Å². The highest BCUT2D eigenvalue weighted by Crippen LogP contribution is 2.35. The maximum absolute atomic E-state index is 14.7. The van der Waals surface area contributed by atoms with Crippen LogP contribution < -0.4 is 36.0 Å². The molecule has 0 bridgehead atoms.